The summed E-state index contributed by atoms with van der Waals surface area (Å²) in [5.41, 5.74) is 3.65. The zero-order valence-corrected chi connectivity index (χ0v) is 24.4. The Morgan fingerprint density at radius 2 is 1.02 bits per heavy atom. The number of carboxylic acids is 1. The van der Waals surface area contributed by atoms with Crippen LogP contribution in [0.2, 0.25) is 0 Å². The van der Waals surface area contributed by atoms with Crippen molar-refractivity contribution in [2.75, 3.05) is 6.61 Å². The molecule has 0 bridgehead atoms. The largest absolute Gasteiger partial charge is 0.481 e. The zero-order chi connectivity index (χ0) is 30.6. The maximum atomic E-state index is 12.1. The molecule has 0 aliphatic carbocycles. The zero-order valence-electron chi connectivity index (χ0n) is 24.4. The van der Waals surface area contributed by atoms with Crippen LogP contribution in [0.4, 0.5) is 0 Å². The maximum absolute atomic E-state index is 12.1. The van der Waals surface area contributed by atoms with Crippen molar-refractivity contribution in [3.8, 4) is 0 Å². The number of hydrogen-bond acceptors (Lipinski definition) is 7. The molecule has 0 aromatic heterocycles. The molecule has 5 rings (SSSR count). The van der Waals surface area contributed by atoms with E-state index in [-0.39, 0.29) is 26.4 Å². The minimum Gasteiger partial charge on any atom is -0.481 e. The Hall–Kier alpha value is -3.89. The van der Waals surface area contributed by atoms with Crippen LogP contribution in [0.15, 0.2) is 121 Å². The van der Waals surface area contributed by atoms with Gasteiger partial charge in [-0.05, 0) is 22.3 Å². The fourth-order valence-electron chi connectivity index (χ4n) is 5.29. The molecule has 1 heterocycles. The van der Waals surface area contributed by atoms with Gasteiger partial charge < -0.3 is 33.9 Å². The average molecular weight is 599 g/mol. The fraction of sp³-hybridized carbons (Fsp3) is 0.306. The van der Waals surface area contributed by atoms with E-state index >= 15 is 0 Å². The normalized spacial score (nSPS) is 23.3. The van der Waals surface area contributed by atoms with Crippen LogP contribution in [-0.4, -0.2) is 53.0 Å². The van der Waals surface area contributed by atoms with Crippen molar-refractivity contribution < 1.29 is 38.7 Å². The summed E-state index contributed by atoms with van der Waals surface area (Å²) in [4.78, 5) is 12.1. The highest BCUT2D eigenvalue weighted by molar-refractivity contribution is 5.68. The molecular weight excluding hydrogens is 560 g/mol. The molecule has 44 heavy (non-hydrogen) atoms. The van der Waals surface area contributed by atoms with Gasteiger partial charge in [0.05, 0.1) is 33.0 Å². The Bertz CT molecular complexity index is 1400. The summed E-state index contributed by atoms with van der Waals surface area (Å²) in [6, 6.07) is 38.4. The Kier molecular flexibility index (Phi) is 11.3. The van der Waals surface area contributed by atoms with Crippen LogP contribution in [0.1, 0.15) is 28.7 Å². The van der Waals surface area contributed by atoms with Crippen molar-refractivity contribution in [2.45, 2.75) is 63.1 Å². The molecule has 8 heteroatoms. The standard InChI is InChI=1S/C36H38O8/c37-32(38)21-36(39)35(43-25-30-19-11-4-12-20-30)34(42-24-29-17-9-3-10-18-29)33(41-23-28-15-7-2-8-16-28)31(44-36)26-40-22-27-13-5-1-6-14-27/h1-20,31,33-35,39H,21-26H2,(H,37,38)/t31-,33+,34+,35-,36+/m1/s1. The van der Waals surface area contributed by atoms with E-state index in [1.807, 2.05) is 121 Å². The molecule has 2 N–H and O–H groups in total. The van der Waals surface area contributed by atoms with Gasteiger partial charge in [-0.15, -0.1) is 0 Å². The lowest BCUT2D eigenvalue weighted by molar-refractivity contribution is -0.370. The number of aliphatic hydroxyl groups is 1. The summed E-state index contributed by atoms with van der Waals surface area (Å²) in [6.07, 6.45) is -4.48. The molecule has 4 aromatic rings. The summed E-state index contributed by atoms with van der Waals surface area (Å²) in [5, 5.41) is 21.8. The Morgan fingerprint density at radius 1 is 0.614 bits per heavy atom. The molecule has 4 aromatic carbocycles. The topological polar surface area (TPSA) is 104 Å². The molecular formula is C36H38O8. The van der Waals surface area contributed by atoms with Gasteiger partial charge in [-0.25, -0.2) is 0 Å². The molecule has 1 aliphatic heterocycles. The van der Waals surface area contributed by atoms with Gasteiger partial charge >= 0.3 is 5.97 Å². The summed E-state index contributed by atoms with van der Waals surface area (Å²) < 4.78 is 31.6. The molecule has 1 fully saturated rings. The van der Waals surface area contributed by atoms with Gasteiger partial charge in [0.25, 0.3) is 0 Å². The number of benzene rings is 4. The Labute approximate surface area is 257 Å². The third-order valence-corrected chi connectivity index (χ3v) is 7.43. The molecule has 0 saturated carbocycles. The van der Waals surface area contributed by atoms with E-state index in [0.717, 1.165) is 22.3 Å². The van der Waals surface area contributed by atoms with Crippen molar-refractivity contribution in [3.05, 3.63) is 144 Å². The Morgan fingerprint density at radius 3 is 1.48 bits per heavy atom. The highest BCUT2D eigenvalue weighted by Crippen LogP contribution is 2.37. The molecule has 230 valence electrons. The predicted octanol–water partition coefficient (Wildman–Crippen LogP) is 5.52. The first-order valence-electron chi connectivity index (χ1n) is 14.7. The van der Waals surface area contributed by atoms with Crippen molar-refractivity contribution >= 4 is 5.97 Å². The minimum atomic E-state index is -2.23. The van der Waals surface area contributed by atoms with Crippen LogP contribution >= 0.6 is 0 Å². The number of aliphatic carboxylic acids is 1. The second-order valence-corrected chi connectivity index (χ2v) is 10.8. The van der Waals surface area contributed by atoms with E-state index in [4.69, 9.17) is 23.7 Å². The van der Waals surface area contributed by atoms with Gasteiger partial charge in [0.1, 0.15) is 30.8 Å². The first-order chi connectivity index (χ1) is 21.5. The molecule has 0 unspecified atom stereocenters. The van der Waals surface area contributed by atoms with E-state index in [9.17, 15) is 15.0 Å². The number of hydrogen-bond donors (Lipinski definition) is 2. The summed E-state index contributed by atoms with van der Waals surface area (Å²) in [5.74, 6) is -3.47. The van der Waals surface area contributed by atoms with Gasteiger partial charge in [-0.3, -0.25) is 4.79 Å². The van der Waals surface area contributed by atoms with Gasteiger partial charge in [-0.1, -0.05) is 121 Å². The predicted molar refractivity (Wildman–Crippen MR) is 163 cm³/mol. The second-order valence-electron chi connectivity index (χ2n) is 10.8. The number of rotatable bonds is 15. The highest BCUT2D eigenvalue weighted by Gasteiger charge is 2.57. The summed E-state index contributed by atoms with van der Waals surface area (Å²) in [6.45, 7) is 0.836. The monoisotopic (exact) mass is 598 g/mol. The van der Waals surface area contributed by atoms with Crippen molar-refractivity contribution in [1.29, 1.82) is 0 Å². The minimum absolute atomic E-state index is 0.0207. The van der Waals surface area contributed by atoms with Crippen molar-refractivity contribution in [3.63, 3.8) is 0 Å². The van der Waals surface area contributed by atoms with E-state index in [1.54, 1.807) is 0 Å². The third-order valence-electron chi connectivity index (χ3n) is 7.43. The quantitative estimate of drug-likeness (QED) is 0.184. The number of carbonyl (C=O) groups is 1. The van der Waals surface area contributed by atoms with Crippen LogP contribution in [0.3, 0.4) is 0 Å². The number of ether oxygens (including phenoxy) is 5. The molecule has 0 radical (unpaired) electrons. The number of carboxylic acid groups (broad SMARTS) is 1. The first-order valence-corrected chi connectivity index (χ1v) is 14.7. The molecule has 0 amide bonds. The van der Waals surface area contributed by atoms with Crippen LogP contribution < -0.4 is 0 Å². The van der Waals surface area contributed by atoms with Gasteiger partial charge in [0, 0.05) is 0 Å². The molecule has 5 atom stereocenters. The highest BCUT2D eigenvalue weighted by atomic mass is 16.7. The average Bonchev–Trinajstić information content (AvgIpc) is 3.04. The van der Waals surface area contributed by atoms with Crippen LogP contribution in [-0.2, 0) is 54.9 Å². The summed E-state index contributed by atoms with van der Waals surface area (Å²) >= 11 is 0. The molecule has 1 aliphatic rings. The smallest absolute Gasteiger partial charge is 0.308 e. The van der Waals surface area contributed by atoms with E-state index < -0.39 is 42.6 Å². The SMILES string of the molecule is O=C(O)C[C@]1(O)O[C@H](COCc2ccccc2)[C@H](OCc2ccccc2)[C@H](OCc2ccccc2)[C@H]1OCc1ccccc1. The van der Waals surface area contributed by atoms with Crippen molar-refractivity contribution in [2.24, 2.45) is 0 Å². The van der Waals surface area contributed by atoms with E-state index in [1.165, 1.54) is 0 Å². The first kappa shape index (κ1) is 31.5. The fourth-order valence-corrected chi connectivity index (χ4v) is 5.29. The maximum Gasteiger partial charge on any atom is 0.308 e. The lowest BCUT2D eigenvalue weighted by Gasteiger charge is -2.49. The van der Waals surface area contributed by atoms with Crippen LogP contribution in [0.25, 0.3) is 0 Å². The van der Waals surface area contributed by atoms with Gasteiger partial charge in [0.2, 0.25) is 5.79 Å². The van der Waals surface area contributed by atoms with E-state index in [2.05, 4.69) is 0 Å². The lowest BCUT2D eigenvalue weighted by Crippen LogP contribution is -2.67. The molecule has 8 nitrogen and oxygen atoms in total. The third kappa shape index (κ3) is 8.83. The van der Waals surface area contributed by atoms with E-state index in [0.29, 0.717) is 6.61 Å². The van der Waals surface area contributed by atoms with Crippen molar-refractivity contribution in [1.82, 2.24) is 0 Å². The van der Waals surface area contributed by atoms with Crippen LogP contribution in [0, 0.1) is 0 Å². The van der Waals surface area contributed by atoms with Gasteiger partial charge in [0.15, 0.2) is 0 Å². The molecule has 0 spiro atoms. The lowest BCUT2D eigenvalue weighted by atomic mass is 9.89. The summed E-state index contributed by atoms with van der Waals surface area (Å²) in [7, 11) is 0. The Balaban J connectivity index is 1.46. The van der Waals surface area contributed by atoms with Crippen LogP contribution in [0.5, 0.6) is 0 Å². The van der Waals surface area contributed by atoms with Gasteiger partial charge in [-0.2, -0.15) is 0 Å². The second kappa shape index (κ2) is 15.7. The molecule has 1 saturated heterocycles.